The van der Waals surface area contributed by atoms with E-state index in [2.05, 4.69) is 61.9 Å². The summed E-state index contributed by atoms with van der Waals surface area (Å²) in [4.78, 5) is 44.9. The number of aliphatic hydroxyl groups excluding tert-OH is 1. The molecule has 0 spiro atoms. The third-order valence-electron chi connectivity index (χ3n) is 11.1. The van der Waals surface area contributed by atoms with Gasteiger partial charge in [-0.15, -0.1) is 0 Å². The van der Waals surface area contributed by atoms with Crippen LogP contribution in [0.15, 0.2) is 201 Å². The van der Waals surface area contributed by atoms with E-state index in [-0.39, 0.29) is 92.2 Å². The Morgan fingerprint density at radius 1 is 0.515 bits per heavy atom. The van der Waals surface area contributed by atoms with Crippen molar-refractivity contribution >= 4 is 155 Å². The fourth-order valence-corrected chi connectivity index (χ4v) is 9.13. The zero-order valence-corrected chi connectivity index (χ0v) is 61.7. The molecule has 97 heavy (non-hydrogen) atoms. The summed E-state index contributed by atoms with van der Waals surface area (Å²) in [6, 6.07) is 41.0. The number of methoxy groups -OCH3 is 1. The van der Waals surface area contributed by atoms with Crippen molar-refractivity contribution in [2.45, 2.75) is 6.61 Å². The molecule has 495 valence electrons. The van der Waals surface area contributed by atoms with Crippen molar-refractivity contribution in [1.82, 2.24) is 29.9 Å². The first-order chi connectivity index (χ1) is 45.4. The van der Waals surface area contributed by atoms with Crippen molar-refractivity contribution < 1.29 is 105 Å². The van der Waals surface area contributed by atoms with Gasteiger partial charge in [0, 0.05) is 77.5 Å². The van der Waals surface area contributed by atoms with Gasteiger partial charge in [-0.3, -0.25) is 14.8 Å². The van der Waals surface area contributed by atoms with Crippen LogP contribution in [0.2, 0.25) is 45.6 Å². The van der Waals surface area contributed by atoms with E-state index < -0.39 is 20.8 Å². The van der Waals surface area contributed by atoms with Crippen molar-refractivity contribution in [3.63, 3.8) is 0 Å². The normalized spacial score (nSPS) is 9.59. The number of ether oxygens (including phenoxy) is 1. The number of esters is 1. The first-order valence-electron chi connectivity index (χ1n) is 25.9. The summed E-state index contributed by atoms with van der Waals surface area (Å²) >= 11 is 52.4. The number of nitrogens with zero attached hydrogens (tertiary/aromatic N) is 6. The molecule has 33 heteroatoms. The van der Waals surface area contributed by atoms with Gasteiger partial charge in [-0.05, 0) is 148 Å². The van der Waals surface area contributed by atoms with Crippen molar-refractivity contribution in [3.8, 4) is 50.3 Å². The van der Waals surface area contributed by atoms with Crippen LogP contribution in [-0.4, -0.2) is 75.5 Å². The van der Waals surface area contributed by atoms with Crippen LogP contribution in [0.1, 0.15) is 28.1 Å². The van der Waals surface area contributed by atoms with E-state index in [9.17, 15) is 31.5 Å². The minimum atomic E-state index is -1.44. The second-order valence-electron chi connectivity index (χ2n) is 17.6. The standard InChI is InChI=1S/C13H9ClFNO2.C12H9ClFNO.C12H7ClFNO.C11H6Cl2FN.C6H5BFO2.C5H2Cl2IN.C5H3Cl2N.B.Mn.Na.2O.H/c1-18-13(17)12-6-10(11(14)7-16-12)8-3-2-4-9(15)5-8;2*13-12-6-15-10(7-16)5-11(12)8-2-1-3-9(14)4-8;12-10-6-15-11(13)5-9(10)7-2-1-3-8(14)4-7;8-5-2-1-3-6(4-5)10-7-9;6-3-2-9-5(7)1-4(3)8;6-4-1-2-5(7)8-3-4;;;;;;/h2-7H,1H3;1-6,16H,7H2;1-7H;1-6H;1-4,9H;1-2H;1-3H;;;;;;/q;;;;;;;;;+1;;;-1. The second-order valence-corrected chi connectivity index (χ2v) is 22.5. The Kier molecular flexibility index (Phi) is 42.4. The molecule has 6 aromatic heterocycles. The predicted molar refractivity (Wildman–Crippen MR) is 371 cm³/mol. The molecule has 11 rings (SSSR count). The monoisotopic (exact) mass is 1660 g/mol. The van der Waals surface area contributed by atoms with Crippen LogP contribution in [-0.2, 0) is 33.8 Å². The number of hydrogen-bond acceptors (Lipinski definition) is 14. The summed E-state index contributed by atoms with van der Waals surface area (Å²) in [7, 11) is 1.77. The van der Waals surface area contributed by atoms with Crippen LogP contribution in [0.4, 0.5) is 22.0 Å². The summed E-state index contributed by atoms with van der Waals surface area (Å²) in [5.74, 6) is -2.03. The van der Waals surface area contributed by atoms with Gasteiger partial charge >= 0.3 is 65.7 Å². The summed E-state index contributed by atoms with van der Waals surface area (Å²) < 4.78 is 91.4. The van der Waals surface area contributed by atoms with E-state index in [1.165, 1.54) is 129 Å². The molecule has 0 fully saturated rings. The van der Waals surface area contributed by atoms with Crippen LogP contribution in [0, 0.1) is 32.7 Å². The molecule has 0 aliphatic rings. The van der Waals surface area contributed by atoms with Crippen molar-refractivity contribution in [1.29, 1.82) is 0 Å². The molecule has 0 aliphatic heterocycles. The Bertz CT molecular complexity index is 4370. The van der Waals surface area contributed by atoms with Crippen LogP contribution in [0.5, 0.6) is 5.75 Å². The van der Waals surface area contributed by atoms with E-state index in [4.69, 9.17) is 122 Å². The number of hydrogen-bond donors (Lipinski definition) is 2. The maximum absolute atomic E-state index is 13.2. The van der Waals surface area contributed by atoms with Crippen LogP contribution < -0.4 is 34.2 Å². The fraction of sp³-hybridized carbons (Fsp3) is 0.0312. The Balaban J connectivity index is 0.000000573. The molecule has 11 aromatic rings. The zero-order chi connectivity index (χ0) is 70.0. The average molecular weight is 1660 g/mol. The number of aromatic nitrogens is 6. The van der Waals surface area contributed by atoms with Gasteiger partial charge in [0.05, 0.1) is 49.5 Å². The fourth-order valence-electron chi connectivity index (χ4n) is 7.01. The number of benzene rings is 5. The number of aliphatic hydroxyl groups is 1. The predicted octanol–water partition coefficient (Wildman–Crippen LogP) is 16.5. The Morgan fingerprint density at radius 3 is 1.30 bits per heavy atom. The van der Waals surface area contributed by atoms with Gasteiger partial charge in [0.15, 0.2) is 6.29 Å². The molecule has 0 aliphatic carbocycles. The van der Waals surface area contributed by atoms with Gasteiger partial charge in [-0.1, -0.05) is 159 Å². The molecule has 0 unspecified atom stereocenters. The zero-order valence-electron chi connectivity index (χ0n) is 50.6. The number of rotatable bonds is 9. The second kappa shape index (κ2) is 47.2. The first kappa shape index (κ1) is 87.2. The first-order valence-corrected chi connectivity index (χ1v) is 31.3. The van der Waals surface area contributed by atoms with Crippen LogP contribution >= 0.6 is 127 Å². The SMILES string of the molecule is COC(=O)c1cc(-c2cccc(F)c2)c(Cl)cn1.Clc1cc(I)c(Cl)cn1.Clc1ccc(Cl)nc1.Fc1cccc(-c2cc(Cl)ncc2Cl)c1.O=Cc1cc(-c2cccc(F)c2)c(Cl)cn1.OCc1cc(-c2cccc(F)c2)c(Cl)cn1.O[B]Oc1cccc(F)c1.[B].[H-].[Na+].[O]=[Mn]=[O]. The van der Waals surface area contributed by atoms with Crippen LogP contribution in [0.3, 0.4) is 0 Å². The summed E-state index contributed by atoms with van der Waals surface area (Å²) in [6.45, 7) is -0.167. The Morgan fingerprint density at radius 2 is 0.907 bits per heavy atom. The Labute approximate surface area is 643 Å². The van der Waals surface area contributed by atoms with E-state index in [0.717, 1.165) is 3.57 Å². The Hall–Kier alpha value is -5.90. The number of pyridine rings is 6. The summed E-state index contributed by atoms with van der Waals surface area (Å²) in [5.41, 5.74) is 5.92. The molecule has 0 amide bonds. The quantitative estimate of drug-likeness (QED) is 0.0345. The van der Waals surface area contributed by atoms with Gasteiger partial charge in [0.1, 0.15) is 61.7 Å². The molecule has 0 saturated carbocycles. The molecule has 2 N–H and O–H groups in total. The average Bonchev–Trinajstić information content (AvgIpc) is 0.886. The topological polar surface area (TPSA) is 205 Å². The maximum atomic E-state index is 13.2. The number of carbonyl (C=O) groups is 2. The third kappa shape index (κ3) is 31.9. The van der Waals surface area contributed by atoms with E-state index in [1.807, 2.05) is 0 Å². The molecule has 14 nitrogen and oxygen atoms in total. The summed E-state index contributed by atoms with van der Waals surface area (Å²) in [6.07, 6.45) is 9.28. The number of carbonyl (C=O) groups excluding carboxylic acids is 2. The van der Waals surface area contributed by atoms with Gasteiger partial charge in [0.2, 0.25) is 0 Å². The summed E-state index contributed by atoms with van der Waals surface area (Å²) in [5, 5.41) is 21.2. The van der Waals surface area contributed by atoms with Gasteiger partial charge in [0.25, 0.3) is 0 Å². The molecular weight excluding hydrogens is 1620 g/mol. The minimum absolute atomic E-state index is 0. The van der Waals surface area contributed by atoms with Crippen molar-refractivity contribution in [3.05, 3.63) is 296 Å². The van der Waals surface area contributed by atoms with Crippen molar-refractivity contribution in [2.75, 3.05) is 7.11 Å². The van der Waals surface area contributed by atoms with Gasteiger partial charge < -0.3 is 20.9 Å². The van der Waals surface area contributed by atoms with Crippen LogP contribution in [0.25, 0.3) is 44.5 Å². The van der Waals surface area contributed by atoms with E-state index in [0.29, 0.717) is 110 Å². The molecule has 0 saturated heterocycles. The molecule has 0 bridgehead atoms. The van der Waals surface area contributed by atoms with E-state index >= 15 is 0 Å². The number of halogens is 15. The van der Waals surface area contributed by atoms with E-state index in [1.54, 1.807) is 78.9 Å². The number of aldehydes is 1. The van der Waals surface area contributed by atoms with Gasteiger partial charge in [-0.25, -0.2) is 46.7 Å². The molecule has 4 radical (unpaired) electrons. The molecule has 0 atom stereocenters. The van der Waals surface area contributed by atoms with Gasteiger partial charge in [-0.2, -0.15) is 0 Å². The molecule has 6 heterocycles. The molecular formula is C64H42B2Cl9F5IMnN6NaO8. The molecule has 5 aromatic carbocycles. The van der Waals surface area contributed by atoms with Crippen molar-refractivity contribution in [2.24, 2.45) is 0 Å². The third-order valence-corrected chi connectivity index (χ3v) is 14.7.